The lowest BCUT2D eigenvalue weighted by atomic mass is 10.2. The molecule has 0 atom stereocenters. The summed E-state index contributed by atoms with van der Waals surface area (Å²) in [5.74, 6) is 1.04. The fraction of sp³-hybridized carbons (Fsp3) is 0.273. The molecular formula is C11H11BrOS. The second-order valence-electron chi connectivity index (χ2n) is 3.06. The number of halogens is 1. The maximum Gasteiger partial charge on any atom is 0.140 e. The van der Waals surface area contributed by atoms with Crippen LogP contribution in [0.2, 0.25) is 0 Å². The maximum atomic E-state index is 5.63. The smallest absolute Gasteiger partial charge is 0.140 e. The van der Waals surface area contributed by atoms with Gasteiger partial charge < -0.3 is 4.74 Å². The van der Waals surface area contributed by atoms with E-state index in [0.29, 0.717) is 0 Å². The van der Waals surface area contributed by atoms with E-state index in [4.69, 9.17) is 4.74 Å². The van der Waals surface area contributed by atoms with Gasteiger partial charge in [0.05, 0.1) is 6.61 Å². The van der Waals surface area contributed by atoms with Gasteiger partial charge in [0.15, 0.2) is 0 Å². The van der Waals surface area contributed by atoms with Gasteiger partial charge in [-0.15, -0.1) is 11.3 Å². The van der Waals surface area contributed by atoms with Gasteiger partial charge in [0.25, 0.3) is 0 Å². The third-order valence-corrected chi connectivity index (χ3v) is 3.62. The van der Waals surface area contributed by atoms with E-state index >= 15 is 0 Å². The molecule has 0 N–H and O–H groups in total. The van der Waals surface area contributed by atoms with E-state index in [2.05, 4.69) is 41.1 Å². The summed E-state index contributed by atoms with van der Waals surface area (Å²) in [6.07, 6.45) is 0. The SMILES string of the molecule is CCOc1c(C)sc2ccc(Br)cc12. The predicted octanol–water partition coefficient (Wildman–Crippen LogP) is 4.37. The lowest BCUT2D eigenvalue weighted by Crippen LogP contribution is -1.91. The van der Waals surface area contributed by atoms with Crippen LogP contribution < -0.4 is 4.74 Å². The van der Waals surface area contributed by atoms with Crippen LogP contribution in [0.5, 0.6) is 5.75 Å². The average molecular weight is 271 g/mol. The molecule has 0 saturated carbocycles. The van der Waals surface area contributed by atoms with Crippen molar-refractivity contribution in [2.24, 2.45) is 0 Å². The van der Waals surface area contributed by atoms with Gasteiger partial charge in [-0.05, 0) is 32.0 Å². The molecule has 3 heteroatoms. The fourth-order valence-corrected chi connectivity index (χ4v) is 2.84. The number of rotatable bonds is 2. The number of thiophene rings is 1. The van der Waals surface area contributed by atoms with E-state index < -0.39 is 0 Å². The molecule has 2 aromatic rings. The van der Waals surface area contributed by atoms with Crippen molar-refractivity contribution in [3.63, 3.8) is 0 Å². The summed E-state index contributed by atoms with van der Waals surface area (Å²) in [6.45, 7) is 4.84. The van der Waals surface area contributed by atoms with Crippen LogP contribution in [-0.4, -0.2) is 6.61 Å². The molecule has 0 spiro atoms. The van der Waals surface area contributed by atoms with Crippen LogP contribution in [0, 0.1) is 6.92 Å². The highest BCUT2D eigenvalue weighted by Gasteiger charge is 2.09. The Labute approximate surface area is 95.8 Å². The summed E-state index contributed by atoms with van der Waals surface area (Å²) in [7, 11) is 0. The summed E-state index contributed by atoms with van der Waals surface area (Å²) in [5.41, 5.74) is 0. The first kappa shape index (κ1) is 9.99. The lowest BCUT2D eigenvalue weighted by molar-refractivity contribution is 0.343. The van der Waals surface area contributed by atoms with Crippen LogP contribution in [0.25, 0.3) is 10.1 Å². The van der Waals surface area contributed by atoms with E-state index in [-0.39, 0.29) is 0 Å². The molecule has 0 aliphatic carbocycles. The highest BCUT2D eigenvalue weighted by molar-refractivity contribution is 9.10. The summed E-state index contributed by atoms with van der Waals surface area (Å²) in [5, 5.41) is 1.21. The van der Waals surface area contributed by atoms with Crippen molar-refractivity contribution >= 4 is 37.4 Å². The largest absolute Gasteiger partial charge is 0.492 e. The average Bonchev–Trinajstić information content (AvgIpc) is 2.45. The van der Waals surface area contributed by atoms with Crippen molar-refractivity contribution in [3.8, 4) is 5.75 Å². The first-order valence-corrected chi connectivity index (χ1v) is 6.14. The summed E-state index contributed by atoms with van der Waals surface area (Å²) in [6, 6.07) is 6.30. The van der Waals surface area contributed by atoms with Crippen molar-refractivity contribution in [2.45, 2.75) is 13.8 Å². The Morgan fingerprint density at radius 3 is 2.93 bits per heavy atom. The minimum absolute atomic E-state index is 0.721. The van der Waals surface area contributed by atoms with E-state index in [1.165, 1.54) is 15.0 Å². The van der Waals surface area contributed by atoms with Crippen molar-refractivity contribution in [1.29, 1.82) is 0 Å². The normalized spacial score (nSPS) is 10.8. The molecule has 1 aromatic heterocycles. The highest BCUT2D eigenvalue weighted by Crippen LogP contribution is 2.38. The predicted molar refractivity (Wildman–Crippen MR) is 65.4 cm³/mol. The number of hydrogen-bond acceptors (Lipinski definition) is 2. The van der Waals surface area contributed by atoms with E-state index in [1.807, 2.05) is 6.92 Å². The van der Waals surface area contributed by atoms with Crippen LogP contribution >= 0.6 is 27.3 Å². The Morgan fingerprint density at radius 1 is 1.43 bits per heavy atom. The molecule has 0 fully saturated rings. The Hall–Kier alpha value is -0.540. The molecule has 0 saturated heterocycles. The number of hydrogen-bond donors (Lipinski definition) is 0. The molecule has 0 aliphatic rings. The molecule has 14 heavy (non-hydrogen) atoms. The molecule has 1 aromatic carbocycles. The Balaban J connectivity index is 2.66. The minimum Gasteiger partial charge on any atom is -0.492 e. The highest BCUT2D eigenvalue weighted by atomic mass is 79.9. The first-order chi connectivity index (χ1) is 6.72. The number of benzene rings is 1. The van der Waals surface area contributed by atoms with Crippen LogP contribution in [-0.2, 0) is 0 Å². The number of aryl methyl sites for hydroxylation is 1. The maximum absolute atomic E-state index is 5.63. The zero-order valence-corrected chi connectivity index (χ0v) is 10.5. The van der Waals surface area contributed by atoms with Gasteiger partial charge in [-0.3, -0.25) is 0 Å². The van der Waals surface area contributed by atoms with E-state index in [0.717, 1.165) is 16.8 Å². The Bertz CT molecular complexity index is 462. The Morgan fingerprint density at radius 2 is 2.21 bits per heavy atom. The van der Waals surface area contributed by atoms with Crippen LogP contribution in [0.15, 0.2) is 22.7 Å². The molecule has 2 rings (SSSR count). The van der Waals surface area contributed by atoms with Gasteiger partial charge in [0.2, 0.25) is 0 Å². The van der Waals surface area contributed by atoms with Gasteiger partial charge in [-0.25, -0.2) is 0 Å². The first-order valence-electron chi connectivity index (χ1n) is 4.54. The molecule has 1 heterocycles. The van der Waals surface area contributed by atoms with Gasteiger partial charge in [0.1, 0.15) is 5.75 Å². The molecule has 0 unspecified atom stereocenters. The molecule has 74 valence electrons. The van der Waals surface area contributed by atoms with Crippen LogP contribution in [0.1, 0.15) is 11.8 Å². The fourth-order valence-electron chi connectivity index (χ4n) is 1.49. The van der Waals surface area contributed by atoms with Gasteiger partial charge in [0, 0.05) is 19.4 Å². The summed E-state index contributed by atoms with van der Waals surface area (Å²) < 4.78 is 8.02. The lowest BCUT2D eigenvalue weighted by Gasteiger charge is -2.02. The van der Waals surface area contributed by atoms with E-state index in [1.54, 1.807) is 11.3 Å². The summed E-state index contributed by atoms with van der Waals surface area (Å²) in [4.78, 5) is 1.25. The van der Waals surface area contributed by atoms with Crippen molar-refractivity contribution < 1.29 is 4.74 Å². The number of fused-ring (bicyclic) bond motifs is 1. The van der Waals surface area contributed by atoms with Crippen molar-refractivity contribution in [2.75, 3.05) is 6.61 Å². The van der Waals surface area contributed by atoms with Crippen molar-refractivity contribution in [1.82, 2.24) is 0 Å². The molecule has 0 radical (unpaired) electrons. The zero-order valence-electron chi connectivity index (χ0n) is 8.13. The Kier molecular flexibility index (Phi) is 2.79. The third-order valence-electron chi connectivity index (χ3n) is 2.06. The van der Waals surface area contributed by atoms with Gasteiger partial charge in [-0.2, -0.15) is 0 Å². The standard InChI is InChI=1S/C11H11BrOS/c1-3-13-11-7(2)14-10-5-4-8(12)6-9(10)11/h4-6H,3H2,1-2H3. The summed E-state index contributed by atoms with van der Waals surface area (Å²) >= 11 is 5.26. The molecule has 1 nitrogen and oxygen atoms in total. The second kappa shape index (κ2) is 3.91. The zero-order chi connectivity index (χ0) is 10.1. The quantitative estimate of drug-likeness (QED) is 0.788. The second-order valence-corrected chi connectivity index (χ2v) is 5.23. The monoisotopic (exact) mass is 270 g/mol. The molecule has 0 aliphatic heterocycles. The van der Waals surface area contributed by atoms with Crippen LogP contribution in [0.3, 0.4) is 0 Å². The number of ether oxygens (including phenoxy) is 1. The molecule has 0 bridgehead atoms. The van der Waals surface area contributed by atoms with Crippen molar-refractivity contribution in [3.05, 3.63) is 27.5 Å². The molecular weight excluding hydrogens is 260 g/mol. The molecule has 0 amide bonds. The van der Waals surface area contributed by atoms with Crippen LogP contribution in [0.4, 0.5) is 0 Å². The topological polar surface area (TPSA) is 9.23 Å². The van der Waals surface area contributed by atoms with Gasteiger partial charge in [-0.1, -0.05) is 15.9 Å². The minimum atomic E-state index is 0.721. The van der Waals surface area contributed by atoms with E-state index in [9.17, 15) is 0 Å². The third kappa shape index (κ3) is 1.66. The van der Waals surface area contributed by atoms with Gasteiger partial charge >= 0.3 is 0 Å².